The third-order valence-electron chi connectivity index (χ3n) is 1.79. The molecule has 0 unspecified atom stereocenters. The molecule has 0 radical (unpaired) electrons. The fourth-order valence-electron chi connectivity index (χ4n) is 0.807. The molecule has 0 saturated heterocycles. The van der Waals surface area contributed by atoms with E-state index in [4.69, 9.17) is 0 Å². The first-order valence-corrected chi connectivity index (χ1v) is 4.29. The molecule has 0 aromatic rings. The summed E-state index contributed by atoms with van der Waals surface area (Å²) in [7, 11) is 0. The van der Waals surface area contributed by atoms with E-state index in [1.165, 1.54) is 13.8 Å². The molecule has 80 valence electrons. The Morgan fingerprint density at radius 3 is 2.21 bits per heavy atom. The van der Waals surface area contributed by atoms with Crippen molar-refractivity contribution >= 4 is 5.71 Å². The van der Waals surface area contributed by atoms with Crippen LogP contribution < -0.4 is 0 Å². The van der Waals surface area contributed by atoms with Crippen LogP contribution in [0.3, 0.4) is 0 Å². The summed E-state index contributed by atoms with van der Waals surface area (Å²) >= 11 is 0. The molecule has 0 atom stereocenters. The van der Waals surface area contributed by atoms with Crippen molar-refractivity contribution in [1.82, 2.24) is 0 Å². The van der Waals surface area contributed by atoms with Gasteiger partial charge in [0, 0.05) is 5.71 Å². The van der Waals surface area contributed by atoms with Crippen LogP contribution in [-0.4, -0.2) is 11.9 Å². The summed E-state index contributed by atoms with van der Waals surface area (Å²) in [6, 6.07) is 0. The number of rotatable bonds is 3. The molecule has 14 heavy (non-hydrogen) atoms. The van der Waals surface area contributed by atoms with Crippen LogP contribution >= 0.6 is 0 Å². The van der Waals surface area contributed by atoms with E-state index in [2.05, 4.69) is 11.6 Å². The smallest absolute Gasteiger partial charge is 0.249 e. The monoisotopic (exact) mass is 205 g/mol. The highest BCUT2D eigenvalue weighted by Crippen LogP contribution is 2.26. The molecule has 0 heterocycles. The summed E-state index contributed by atoms with van der Waals surface area (Å²) in [6.45, 7) is 8.28. The molecule has 0 saturated carbocycles. The number of nitrogens with zero attached hydrogens (tertiary/aromatic N) is 1. The van der Waals surface area contributed by atoms with Crippen LogP contribution in [0.2, 0.25) is 0 Å². The number of hydrogen-bond donors (Lipinski definition) is 0. The molecular weight excluding hydrogens is 191 g/mol. The first-order valence-electron chi connectivity index (χ1n) is 4.29. The van der Waals surface area contributed by atoms with Crippen LogP contribution in [0.4, 0.5) is 13.2 Å². The summed E-state index contributed by atoms with van der Waals surface area (Å²) in [5.74, 6) is 0. The largest absolute Gasteiger partial charge is 0.433 e. The van der Waals surface area contributed by atoms with Crippen LogP contribution in [-0.2, 0) is 0 Å². The zero-order valence-electron chi connectivity index (χ0n) is 8.57. The average molecular weight is 205 g/mol. The Hall–Kier alpha value is -1.06. The molecule has 0 amide bonds. The van der Waals surface area contributed by atoms with Gasteiger partial charge in [-0.05, 0) is 25.8 Å². The standard InChI is InChI=1S/C10H14F3N/c1-5-7(3)8(4)14-9(6-2)10(11,12)13/h6H,3,5H2,1-2,4H3/b9-6-,14-8?. The lowest BCUT2D eigenvalue weighted by atomic mass is 10.1. The van der Waals surface area contributed by atoms with E-state index in [1.807, 2.05) is 6.92 Å². The number of hydrogen-bond acceptors (Lipinski definition) is 1. The van der Waals surface area contributed by atoms with Crippen molar-refractivity contribution in [3.05, 3.63) is 23.9 Å². The molecule has 0 aliphatic carbocycles. The van der Waals surface area contributed by atoms with Crippen LogP contribution in [0.5, 0.6) is 0 Å². The highest BCUT2D eigenvalue weighted by molar-refractivity contribution is 5.98. The van der Waals surface area contributed by atoms with Gasteiger partial charge >= 0.3 is 6.18 Å². The Morgan fingerprint density at radius 1 is 1.43 bits per heavy atom. The number of aliphatic imine (C=N–C) groups is 1. The van der Waals surface area contributed by atoms with Crippen molar-refractivity contribution in [2.75, 3.05) is 0 Å². The lowest BCUT2D eigenvalue weighted by Crippen LogP contribution is -2.11. The van der Waals surface area contributed by atoms with E-state index in [1.54, 1.807) is 0 Å². The third kappa shape index (κ3) is 3.77. The van der Waals surface area contributed by atoms with E-state index >= 15 is 0 Å². The maximum atomic E-state index is 12.2. The summed E-state index contributed by atoms with van der Waals surface area (Å²) in [6.07, 6.45) is -2.83. The van der Waals surface area contributed by atoms with Gasteiger partial charge in [0.2, 0.25) is 0 Å². The van der Waals surface area contributed by atoms with E-state index in [0.717, 1.165) is 6.08 Å². The van der Waals surface area contributed by atoms with Crippen LogP contribution in [0, 0.1) is 0 Å². The molecule has 0 rings (SSSR count). The zero-order chi connectivity index (χ0) is 11.4. The molecule has 4 heteroatoms. The second-order valence-electron chi connectivity index (χ2n) is 2.83. The fourth-order valence-corrected chi connectivity index (χ4v) is 0.807. The van der Waals surface area contributed by atoms with Crippen molar-refractivity contribution in [3.63, 3.8) is 0 Å². The third-order valence-corrected chi connectivity index (χ3v) is 1.79. The molecule has 0 aliphatic rings. The quantitative estimate of drug-likeness (QED) is 0.620. The maximum absolute atomic E-state index is 12.2. The van der Waals surface area contributed by atoms with Gasteiger partial charge in [0.25, 0.3) is 0 Å². The maximum Gasteiger partial charge on any atom is 0.433 e. The first-order chi connectivity index (χ1) is 6.32. The molecule has 0 aliphatic heterocycles. The minimum atomic E-state index is -4.38. The van der Waals surface area contributed by atoms with Gasteiger partial charge < -0.3 is 0 Å². The highest BCUT2D eigenvalue weighted by atomic mass is 19.4. The van der Waals surface area contributed by atoms with Crippen LogP contribution in [0.25, 0.3) is 0 Å². The Balaban J connectivity index is 4.88. The zero-order valence-corrected chi connectivity index (χ0v) is 8.57. The molecule has 0 aromatic heterocycles. The Bertz CT molecular complexity index is 272. The summed E-state index contributed by atoms with van der Waals surface area (Å²) in [5.41, 5.74) is 0.0797. The number of halogens is 3. The molecule has 0 fully saturated rings. The Morgan fingerprint density at radius 2 is 1.93 bits per heavy atom. The van der Waals surface area contributed by atoms with Gasteiger partial charge in [0.15, 0.2) is 0 Å². The van der Waals surface area contributed by atoms with Gasteiger partial charge in [-0.25, -0.2) is 4.99 Å². The predicted molar refractivity (Wildman–Crippen MR) is 52.4 cm³/mol. The topological polar surface area (TPSA) is 12.4 Å². The van der Waals surface area contributed by atoms with E-state index in [-0.39, 0.29) is 0 Å². The van der Waals surface area contributed by atoms with Gasteiger partial charge in [-0.3, -0.25) is 0 Å². The lowest BCUT2D eigenvalue weighted by Gasteiger charge is -2.08. The van der Waals surface area contributed by atoms with Crippen molar-refractivity contribution < 1.29 is 13.2 Å². The van der Waals surface area contributed by atoms with Crippen molar-refractivity contribution in [1.29, 1.82) is 0 Å². The minimum absolute atomic E-state index is 0.331. The Labute approximate surface area is 82.0 Å². The van der Waals surface area contributed by atoms with Gasteiger partial charge in [-0.1, -0.05) is 19.6 Å². The summed E-state index contributed by atoms with van der Waals surface area (Å²) in [4.78, 5) is 3.49. The highest BCUT2D eigenvalue weighted by Gasteiger charge is 2.33. The molecule has 0 aromatic carbocycles. The average Bonchev–Trinajstić information content (AvgIpc) is 2.10. The molecular formula is C10H14F3N. The molecule has 0 N–H and O–H groups in total. The van der Waals surface area contributed by atoms with Crippen LogP contribution in [0.1, 0.15) is 27.2 Å². The normalized spacial score (nSPS) is 14.4. The first kappa shape index (κ1) is 12.9. The van der Waals surface area contributed by atoms with Crippen LogP contribution in [0.15, 0.2) is 28.9 Å². The SMILES string of the molecule is C=C(CC)C(C)=N/C(=C\C)C(F)(F)F. The lowest BCUT2D eigenvalue weighted by molar-refractivity contribution is -0.0924. The fraction of sp³-hybridized carbons (Fsp3) is 0.500. The van der Waals surface area contributed by atoms with E-state index < -0.39 is 11.9 Å². The number of allylic oxidation sites excluding steroid dienone is 3. The molecule has 0 bridgehead atoms. The summed E-state index contributed by atoms with van der Waals surface area (Å²) < 4.78 is 36.7. The van der Waals surface area contributed by atoms with Gasteiger partial charge in [0.05, 0.1) is 0 Å². The van der Waals surface area contributed by atoms with E-state index in [9.17, 15) is 13.2 Å². The predicted octanol–water partition coefficient (Wildman–Crippen LogP) is 3.88. The van der Waals surface area contributed by atoms with Crippen molar-refractivity contribution in [2.45, 2.75) is 33.4 Å². The minimum Gasteiger partial charge on any atom is -0.249 e. The molecule has 1 nitrogen and oxygen atoms in total. The summed E-state index contributed by atoms with van der Waals surface area (Å²) in [5, 5.41) is 0. The number of alkyl halides is 3. The van der Waals surface area contributed by atoms with Gasteiger partial charge in [0.1, 0.15) is 5.70 Å². The Kier molecular flexibility index (Phi) is 4.60. The van der Waals surface area contributed by atoms with E-state index in [0.29, 0.717) is 17.7 Å². The van der Waals surface area contributed by atoms with Gasteiger partial charge in [-0.15, -0.1) is 0 Å². The molecule has 0 spiro atoms. The second-order valence-corrected chi connectivity index (χ2v) is 2.83. The van der Waals surface area contributed by atoms with Gasteiger partial charge in [-0.2, -0.15) is 13.2 Å². The van der Waals surface area contributed by atoms with Crippen molar-refractivity contribution in [3.8, 4) is 0 Å². The van der Waals surface area contributed by atoms with Crippen molar-refractivity contribution in [2.24, 2.45) is 4.99 Å². The second kappa shape index (κ2) is 4.98.